The molecule has 4 N–H and O–H groups in total. The molecule has 0 bridgehead atoms. The molecule has 1 aromatic rings. The van der Waals surface area contributed by atoms with Crippen molar-refractivity contribution in [2.75, 3.05) is 0 Å². The van der Waals surface area contributed by atoms with E-state index in [-0.39, 0.29) is 10.7 Å². The zero-order valence-corrected chi connectivity index (χ0v) is 12.8. The van der Waals surface area contributed by atoms with Gasteiger partial charge in [-0.3, -0.25) is 5.41 Å². The predicted molar refractivity (Wildman–Crippen MR) is 81.4 cm³/mol. The Morgan fingerprint density at radius 1 is 1.25 bits per heavy atom. The summed E-state index contributed by atoms with van der Waals surface area (Å²) in [6.07, 6.45) is 3.22. The van der Waals surface area contributed by atoms with Crippen molar-refractivity contribution < 1.29 is 8.42 Å². The first-order valence-corrected chi connectivity index (χ1v) is 8.34. The smallest absolute Gasteiger partial charge is 0.241 e. The lowest BCUT2D eigenvalue weighted by molar-refractivity contribution is 0.565. The van der Waals surface area contributed by atoms with Crippen molar-refractivity contribution >= 4 is 15.9 Å². The first-order chi connectivity index (χ1) is 9.40. The van der Waals surface area contributed by atoms with E-state index in [0.717, 1.165) is 24.8 Å². The number of hydrogen-bond acceptors (Lipinski definition) is 3. The van der Waals surface area contributed by atoms with Crippen molar-refractivity contribution in [1.82, 2.24) is 4.72 Å². The summed E-state index contributed by atoms with van der Waals surface area (Å²) in [4.78, 5) is 0.208. The Morgan fingerprint density at radius 2 is 1.85 bits per heavy atom. The van der Waals surface area contributed by atoms with E-state index in [2.05, 4.69) is 11.6 Å². The van der Waals surface area contributed by atoms with E-state index in [9.17, 15) is 8.42 Å². The van der Waals surface area contributed by atoms with Gasteiger partial charge in [-0.15, -0.1) is 0 Å². The average Bonchev–Trinajstić information content (AvgIpc) is 2.39. The van der Waals surface area contributed by atoms with Crippen LogP contribution in [0.1, 0.15) is 38.7 Å². The molecule has 0 fully saturated rings. The minimum atomic E-state index is -3.63. The average molecular weight is 297 g/mol. The first-order valence-electron chi connectivity index (χ1n) is 6.85. The number of sulfonamides is 1. The molecule has 0 aliphatic heterocycles. The van der Waals surface area contributed by atoms with Gasteiger partial charge in [0.25, 0.3) is 0 Å². The van der Waals surface area contributed by atoms with Gasteiger partial charge in [0.05, 0.1) is 10.9 Å². The Hall–Kier alpha value is -1.40. The minimum absolute atomic E-state index is 0.155. The van der Waals surface area contributed by atoms with Crippen LogP contribution in [-0.2, 0) is 16.4 Å². The van der Waals surface area contributed by atoms with Gasteiger partial charge < -0.3 is 5.73 Å². The minimum Gasteiger partial charge on any atom is -0.386 e. The molecule has 0 radical (unpaired) electrons. The second-order valence-corrected chi connectivity index (χ2v) is 6.53. The second kappa shape index (κ2) is 7.40. The summed E-state index contributed by atoms with van der Waals surface area (Å²) < 4.78 is 26.9. The van der Waals surface area contributed by atoms with Gasteiger partial charge in [0, 0.05) is 0 Å². The normalized spacial score (nSPS) is 13.1. The maximum absolute atomic E-state index is 12.2. The maximum Gasteiger partial charge on any atom is 0.241 e. The van der Waals surface area contributed by atoms with Crippen LogP contribution in [0.2, 0.25) is 0 Å². The number of aryl methyl sites for hydroxylation is 1. The third-order valence-electron chi connectivity index (χ3n) is 3.02. The molecule has 0 aliphatic carbocycles. The number of rotatable bonds is 8. The van der Waals surface area contributed by atoms with Crippen LogP contribution in [0.25, 0.3) is 0 Å². The second-order valence-electron chi connectivity index (χ2n) is 4.81. The summed E-state index contributed by atoms with van der Waals surface area (Å²) in [5.74, 6) is -0.155. The van der Waals surface area contributed by atoms with Crippen LogP contribution in [-0.4, -0.2) is 20.3 Å². The number of benzene rings is 1. The first kappa shape index (κ1) is 16.7. The van der Waals surface area contributed by atoms with E-state index in [1.165, 1.54) is 0 Å². The topological polar surface area (TPSA) is 96.0 Å². The van der Waals surface area contributed by atoms with E-state index in [1.807, 2.05) is 19.1 Å². The van der Waals surface area contributed by atoms with Gasteiger partial charge in [0.1, 0.15) is 5.84 Å². The zero-order valence-electron chi connectivity index (χ0n) is 12.0. The molecule has 6 heteroatoms. The Balaban J connectivity index is 2.89. The number of hydrogen-bond donors (Lipinski definition) is 3. The van der Waals surface area contributed by atoms with E-state index in [4.69, 9.17) is 11.1 Å². The van der Waals surface area contributed by atoms with E-state index >= 15 is 0 Å². The molecule has 1 unspecified atom stereocenters. The summed E-state index contributed by atoms with van der Waals surface area (Å²) in [5, 5.41) is 7.44. The summed E-state index contributed by atoms with van der Waals surface area (Å²) in [5.41, 5.74) is 6.54. The molecule has 1 rings (SSSR count). The van der Waals surface area contributed by atoms with Gasteiger partial charge in [-0.2, -0.15) is 0 Å². The van der Waals surface area contributed by atoms with E-state index in [1.54, 1.807) is 12.1 Å². The van der Waals surface area contributed by atoms with Crippen LogP contribution in [0, 0.1) is 5.41 Å². The van der Waals surface area contributed by atoms with Crippen LogP contribution < -0.4 is 10.5 Å². The summed E-state index contributed by atoms with van der Waals surface area (Å²) in [6, 6.07) is 6.19. The SMILES string of the molecule is CCCc1ccc(S(=O)(=O)NC(CCC)C(=N)N)cc1. The fourth-order valence-electron chi connectivity index (χ4n) is 1.95. The molecule has 0 spiro atoms. The van der Waals surface area contributed by atoms with E-state index < -0.39 is 16.1 Å². The van der Waals surface area contributed by atoms with Gasteiger partial charge in [0.15, 0.2) is 0 Å². The lowest BCUT2D eigenvalue weighted by Gasteiger charge is -2.16. The lowest BCUT2D eigenvalue weighted by Crippen LogP contribution is -2.43. The number of amidine groups is 1. The van der Waals surface area contributed by atoms with Crippen LogP contribution in [0.3, 0.4) is 0 Å². The summed E-state index contributed by atoms with van der Waals surface area (Å²) in [7, 11) is -3.63. The third kappa shape index (κ3) is 4.61. The summed E-state index contributed by atoms with van der Waals surface area (Å²) in [6.45, 7) is 4.00. The fraction of sp³-hybridized carbons (Fsp3) is 0.500. The molecule has 0 aliphatic rings. The van der Waals surface area contributed by atoms with Crippen LogP contribution >= 0.6 is 0 Å². The molecule has 1 aromatic carbocycles. The molecule has 5 nitrogen and oxygen atoms in total. The van der Waals surface area contributed by atoms with Gasteiger partial charge >= 0.3 is 0 Å². The Morgan fingerprint density at radius 3 is 2.30 bits per heavy atom. The van der Waals surface area contributed by atoms with Gasteiger partial charge in [-0.05, 0) is 30.5 Å². The molecule has 20 heavy (non-hydrogen) atoms. The van der Waals surface area contributed by atoms with Crippen molar-refractivity contribution in [3.8, 4) is 0 Å². The van der Waals surface area contributed by atoms with Crippen molar-refractivity contribution in [1.29, 1.82) is 5.41 Å². The highest BCUT2D eigenvalue weighted by molar-refractivity contribution is 7.89. The van der Waals surface area contributed by atoms with Crippen molar-refractivity contribution in [3.63, 3.8) is 0 Å². The number of nitrogens with two attached hydrogens (primary N) is 1. The van der Waals surface area contributed by atoms with Gasteiger partial charge in [-0.25, -0.2) is 13.1 Å². The zero-order chi connectivity index (χ0) is 15.2. The standard InChI is InChI=1S/C14H23N3O2S/c1-3-5-11-7-9-12(10-8-11)20(18,19)17-13(6-4-2)14(15)16/h7-10,13,17H,3-6H2,1-2H3,(H3,15,16). The Labute approximate surface area is 121 Å². The van der Waals surface area contributed by atoms with Gasteiger partial charge in [0.2, 0.25) is 10.0 Å². The molecule has 1 atom stereocenters. The monoisotopic (exact) mass is 297 g/mol. The Bertz CT molecular complexity index is 538. The van der Waals surface area contributed by atoms with Crippen molar-refractivity contribution in [3.05, 3.63) is 29.8 Å². The number of nitrogens with one attached hydrogen (secondary N) is 2. The molecule has 0 amide bonds. The molecule has 0 heterocycles. The van der Waals surface area contributed by atoms with Crippen LogP contribution in [0.5, 0.6) is 0 Å². The molecular weight excluding hydrogens is 274 g/mol. The fourth-order valence-corrected chi connectivity index (χ4v) is 3.20. The molecule has 0 aromatic heterocycles. The lowest BCUT2D eigenvalue weighted by atomic mass is 10.1. The highest BCUT2D eigenvalue weighted by Gasteiger charge is 2.21. The Kier molecular flexibility index (Phi) is 6.16. The van der Waals surface area contributed by atoms with Crippen LogP contribution in [0.15, 0.2) is 29.2 Å². The predicted octanol–water partition coefficient (Wildman–Crippen LogP) is 2.02. The largest absolute Gasteiger partial charge is 0.386 e. The highest BCUT2D eigenvalue weighted by atomic mass is 32.2. The van der Waals surface area contributed by atoms with Crippen molar-refractivity contribution in [2.45, 2.75) is 50.5 Å². The van der Waals surface area contributed by atoms with Crippen molar-refractivity contribution in [2.24, 2.45) is 5.73 Å². The summed E-state index contributed by atoms with van der Waals surface area (Å²) >= 11 is 0. The van der Waals surface area contributed by atoms with Gasteiger partial charge in [-0.1, -0.05) is 38.8 Å². The third-order valence-corrected chi connectivity index (χ3v) is 4.51. The molecule has 112 valence electrons. The van der Waals surface area contributed by atoms with Crippen LogP contribution in [0.4, 0.5) is 0 Å². The molecule has 0 saturated heterocycles. The molecular formula is C14H23N3O2S. The van der Waals surface area contributed by atoms with E-state index in [0.29, 0.717) is 6.42 Å². The highest BCUT2D eigenvalue weighted by Crippen LogP contribution is 2.13. The maximum atomic E-state index is 12.2. The molecule has 0 saturated carbocycles. The quantitative estimate of drug-likeness (QED) is 0.506.